The van der Waals surface area contributed by atoms with Crippen LogP contribution in [0.15, 0.2) is 30.7 Å². The molecule has 1 fully saturated rings. The molecule has 0 amide bonds. The molecule has 152 valence electrons. The van der Waals surface area contributed by atoms with Crippen molar-refractivity contribution in [3.05, 3.63) is 47.8 Å². The van der Waals surface area contributed by atoms with Crippen LogP contribution in [0.25, 0.3) is 11.3 Å². The van der Waals surface area contributed by atoms with E-state index < -0.39 is 17.6 Å². The van der Waals surface area contributed by atoms with Crippen molar-refractivity contribution in [2.45, 2.75) is 37.5 Å². The lowest BCUT2D eigenvalue weighted by atomic mass is 9.82. The lowest BCUT2D eigenvalue weighted by Crippen LogP contribution is -2.29. The van der Waals surface area contributed by atoms with E-state index in [1.54, 1.807) is 6.20 Å². The number of anilines is 1. The van der Waals surface area contributed by atoms with Gasteiger partial charge in [0.2, 0.25) is 0 Å². The van der Waals surface area contributed by atoms with Crippen LogP contribution in [0.5, 0.6) is 0 Å². The average Bonchev–Trinajstić information content (AvgIpc) is 3.43. The number of likely N-dealkylation sites (tertiary alicyclic amines) is 1. The molecule has 1 spiro atoms. The van der Waals surface area contributed by atoms with Crippen LogP contribution in [0.1, 0.15) is 29.9 Å². The van der Waals surface area contributed by atoms with Crippen LogP contribution in [0, 0.1) is 0 Å². The first-order valence-electron chi connectivity index (χ1n) is 9.46. The summed E-state index contributed by atoms with van der Waals surface area (Å²) in [5.74, 6) is 0.413. The topological polar surface area (TPSA) is 88.7 Å². The summed E-state index contributed by atoms with van der Waals surface area (Å²) in [6.45, 7) is 3.35. The number of alkyl halides is 3. The van der Waals surface area contributed by atoms with Crippen LogP contribution < -0.4 is 5.73 Å². The molecule has 0 bridgehead atoms. The van der Waals surface area contributed by atoms with E-state index in [1.807, 2.05) is 16.9 Å². The Morgan fingerprint density at radius 2 is 2.00 bits per heavy atom. The zero-order chi connectivity index (χ0) is 20.2. The second-order valence-electron chi connectivity index (χ2n) is 7.82. The maximum absolute atomic E-state index is 13.2. The molecule has 0 aromatic carbocycles. The summed E-state index contributed by atoms with van der Waals surface area (Å²) in [5, 5.41) is 4.57. The predicted octanol–water partition coefficient (Wildman–Crippen LogP) is 2.82. The number of rotatable bonds is 3. The van der Waals surface area contributed by atoms with Gasteiger partial charge in [-0.25, -0.2) is 9.97 Å². The van der Waals surface area contributed by atoms with Crippen molar-refractivity contribution in [1.82, 2.24) is 29.6 Å². The van der Waals surface area contributed by atoms with Gasteiger partial charge in [-0.3, -0.25) is 9.58 Å². The number of nitrogens with two attached hydrogens (primary N) is 1. The molecule has 5 rings (SSSR count). The molecule has 0 radical (unpaired) electrons. The molecule has 7 nitrogen and oxygen atoms in total. The summed E-state index contributed by atoms with van der Waals surface area (Å²) in [6, 6.07) is 2.95. The van der Waals surface area contributed by atoms with Gasteiger partial charge < -0.3 is 10.7 Å². The highest BCUT2D eigenvalue weighted by molar-refractivity contribution is 5.63. The van der Waals surface area contributed by atoms with Crippen LogP contribution in [0.2, 0.25) is 0 Å². The first-order chi connectivity index (χ1) is 13.8. The third-order valence-corrected chi connectivity index (χ3v) is 6.01. The largest absolute Gasteiger partial charge is 0.419 e. The molecule has 2 aliphatic rings. The van der Waals surface area contributed by atoms with E-state index in [9.17, 15) is 13.2 Å². The van der Waals surface area contributed by atoms with E-state index in [1.165, 1.54) is 6.20 Å². The van der Waals surface area contributed by atoms with Gasteiger partial charge >= 0.3 is 6.18 Å². The number of nitrogens with zero attached hydrogens (tertiary/aromatic N) is 5. The fourth-order valence-corrected chi connectivity index (χ4v) is 4.55. The number of hydrogen-bond donors (Lipinski definition) is 2. The Hall–Kier alpha value is -2.88. The number of hydrogen-bond acceptors (Lipinski definition) is 5. The Labute approximate surface area is 164 Å². The van der Waals surface area contributed by atoms with Crippen LogP contribution in [0.3, 0.4) is 0 Å². The third kappa shape index (κ3) is 3.07. The van der Waals surface area contributed by atoms with Crippen LogP contribution in [0.4, 0.5) is 19.0 Å². The molecular formula is C19H20F3N7. The molecule has 0 saturated carbocycles. The third-order valence-electron chi connectivity index (χ3n) is 6.01. The summed E-state index contributed by atoms with van der Waals surface area (Å²) in [4.78, 5) is 13.5. The lowest BCUT2D eigenvalue weighted by molar-refractivity contribution is -0.137. The van der Waals surface area contributed by atoms with Crippen molar-refractivity contribution in [3.8, 4) is 11.3 Å². The normalized spacial score (nSPS) is 21.9. The summed E-state index contributed by atoms with van der Waals surface area (Å²) in [7, 11) is 0. The van der Waals surface area contributed by atoms with Gasteiger partial charge in [0.1, 0.15) is 11.6 Å². The van der Waals surface area contributed by atoms with Gasteiger partial charge in [-0.15, -0.1) is 0 Å². The summed E-state index contributed by atoms with van der Waals surface area (Å²) in [5.41, 5.74) is 6.38. The summed E-state index contributed by atoms with van der Waals surface area (Å²) < 4.78 is 41.5. The summed E-state index contributed by atoms with van der Waals surface area (Å²) >= 11 is 0. The van der Waals surface area contributed by atoms with Gasteiger partial charge in [0.25, 0.3) is 0 Å². The highest BCUT2D eigenvalue weighted by atomic mass is 19.4. The van der Waals surface area contributed by atoms with Crippen LogP contribution in [-0.2, 0) is 24.7 Å². The Bertz CT molecular complexity index is 1040. The standard InChI is InChI=1S/C19H20F3N7/c20-19(21,22)13-7-12(9-26-17(13)23)14-8-15-18(2-6-29(15)27-14)1-5-28(11-18)10-16-24-3-4-25-16/h3-4,7-9H,1-2,5-6,10-11H2,(H2,23,26)(H,24,25)/t18-/m1/s1. The van der Waals surface area contributed by atoms with Gasteiger partial charge in [-0.05, 0) is 31.5 Å². The number of H-pyrrole nitrogens is 1. The first-order valence-corrected chi connectivity index (χ1v) is 9.46. The Kier molecular flexibility index (Phi) is 3.95. The van der Waals surface area contributed by atoms with E-state index in [4.69, 9.17) is 5.73 Å². The Morgan fingerprint density at radius 3 is 2.76 bits per heavy atom. The Morgan fingerprint density at radius 1 is 1.17 bits per heavy atom. The minimum Gasteiger partial charge on any atom is -0.383 e. The van der Waals surface area contributed by atoms with Gasteiger partial charge in [0, 0.05) is 48.4 Å². The van der Waals surface area contributed by atoms with Crippen molar-refractivity contribution < 1.29 is 13.2 Å². The number of fused-ring (bicyclic) bond motifs is 2. The maximum atomic E-state index is 13.2. The zero-order valence-electron chi connectivity index (χ0n) is 15.6. The Balaban J connectivity index is 1.43. The van der Waals surface area contributed by atoms with Crippen LogP contribution >= 0.6 is 0 Å². The quantitative estimate of drug-likeness (QED) is 0.702. The van der Waals surface area contributed by atoms with Crippen molar-refractivity contribution in [2.24, 2.45) is 0 Å². The van der Waals surface area contributed by atoms with Gasteiger partial charge in [-0.2, -0.15) is 18.3 Å². The molecule has 2 aliphatic heterocycles. The molecule has 29 heavy (non-hydrogen) atoms. The molecule has 5 heterocycles. The second kappa shape index (κ2) is 6.31. The summed E-state index contributed by atoms with van der Waals surface area (Å²) in [6.07, 6.45) is 2.34. The number of aryl methyl sites for hydroxylation is 1. The lowest BCUT2D eigenvalue weighted by Gasteiger charge is -2.23. The predicted molar refractivity (Wildman–Crippen MR) is 99.6 cm³/mol. The smallest absolute Gasteiger partial charge is 0.383 e. The number of aromatic amines is 1. The monoisotopic (exact) mass is 403 g/mol. The number of pyridine rings is 1. The average molecular weight is 403 g/mol. The van der Waals surface area contributed by atoms with Gasteiger partial charge in [-0.1, -0.05) is 0 Å². The molecule has 0 unspecified atom stereocenters. The molecule has 3 aromatic rings. The zero-order valence-corrected chi connectivity index (χ0v) is 15.6. The highest BCUT2D eigenvalue weighted by Crippen LogP contribution is 2.44. The molecule has 3 N–H and O–H groups in total. The van der Waals surface area contributed by atoms with Crippen molar-refractivity contribution in [3.63, 3.8) is 0 Å². The SMILES string of the molecule is Nc1ncc(-c2cc3n(n2)CC[C@@]32CCN(Cc3ncc[nH]3)C2)cc1C(F)(F)F. The number of aromatic nitrogens is 5. The molecular weight excluding hydrogens is 383 g/mol. The minimum absolute atomic E-state index is 0.0219. The fourth-order valence-electron chi connectivity index (χ4n) is 4.55. The van der Waals surface area contributed by atoms with E-state index >= 15 is 0 Å². The molecule has 1 saturated heterocycles. The minimum atomic E-state index is -4.55. The molecule has 10 heteroatoms. The van der Waals surface area contributed by atoms with Crippen molar-refractivity contribution in [2.75, 3.05) is 18.8 Å². The number of nitrogens with one attached hydrogen (secondary N) is 1. The number of halogens is 3. The number of nitrogen functional groups attached to an aromatic ring is 1. The molecule has 1 atom stereocenters. The van der Waals surface area contributed by atoms with Gasteiger partial charge in [0.05, 0.1) is 17.8 Å². The van der Waals surface area contributed by atoms with Crippen LogP contribution in [-0.4, -0.2) is 42.7 Å². The van der Waals surface area contributed by atoms with Crippen molar-refractivity contribution >= 4 is 5.82 Å². The molecule has 3 aromatic heterocycles. The second-order valence-corrected chi connectivity index (χ2v) is 7.82. The first kappa shape index (κ1) is 18.2. The van der Waals surface area contributed by atoms with E-state index in [0.717, 1.165) is 56.6 Å². The molecule has 0 aliphatic carbocycles. The van der Waals surface area contributed by atoms with Crippen molar-refractivity contribution in [1.29, 1.82) is 0 Å². The highest BCUT2D eigenvalue weighted by Gasteiger charge is 2.45. The van der Waals surface area contributed by atoms with E-state index in [-0.39, 0.29) is 5.41 Å². The van der Waals surface area contributed by atoms with E-state index in [2.05, 4.69) is 25.0 Å². The fraction of sp³-hybridized carbons (Fsp3) is 0.421. The van der Waals surface area contributed by atoms with E-state index in [0.29, 0.717) is 11.3 Å². The van der Waals surface area contributed by atoms with Gasteiger partial charge in [0.15, 0.2) is 0 Å². The number of imidazole rings is 1. The maximum Gasteiger partial charge on any atom is 0.419 e.